The summed E-state index contributed by atoms with van der Waals surface area (Å²) in [7, 11) is 0. The van der Waals surface area contributed by atoms with E-state index >= 15 is 0 Å². The van der Waals surface area contributed by atoms with E-state index in [4.69, 9.17) is 11.3 Å². The minimum atomic E-state index is -0.839. The molecule has 0 aliphatic carbocycles. The van der Waals surface area contributed by atoms with Crippen LogP contribution in [0.1, 0.15) is 104 Å². The molecule has 0 spiro atoms. The standard InChI is InChI=1S/C61H58N3O.Pt/c1-38(2)44-25-28-56(53(34-44)43-23-26-50(27-24-43)61(7,8)9)64-57-22-16-21-51(58(57)63-60(64)54-36-46(39(3)4)35-52(40(5)6)59(54)65)48-31-47(42-19-14-11-15-20-42)32-49(33-48)55-37-45(29-30-62-55)41-17-12-10-13-18-41;/h10-32,34-40,65H,1-9H3;/q-1;/i38D;. The third-order valence-corrected chi connectivity index (χ3v) is 12.7. The van der Waals surface area contributed by atoms with Crippen LogP contribution in [0.15, 0.2) is 164 Å². The van der Waals surface area contributed by atoms with E-state index in [2.05, 4.69) is 205 Å². The normalized spacial score (nSPS) is 12.1. The van der Waals surface area contributed by atoms with Gasteiger partial charge in [0, 0.05) is 39.9 Å². The second-order valence-electron chi connectivity index (χ2n) is 19.2. The number of para-hydroxylation sites is 1. The van der Waals surface area contributed by atoms with Gasteiger partial charge in [0.25, 0.3) is 0 Å². The van der Waals surface area contributed by atoms with E-state index in [9.17, 15) is 5.11 Å². The van der Waals surface area contributed by atoms with Crippen LogP contribution in [0.2, 0.25) is 0 Å². The van der Waals surface area contributed by atoms with Crippen molar-refractivity contribution in [2.75, 3.05) is 0 Å². The fraction of sp³-hybridized carbons (Fsp3) is 0.213. The number of hydrogen-bond acceptors (Lipinski definition) is 3. The van der Waals surface area contributed by atoms with E-state index < -0.39 is 5.89 Å². The Hall–Kier alpha value is -6.35. The largest absolute Gasteiger partial charge is 0.507 e. The molecule has 1 N–H and O–H groups in total. The van der Waals surface area contributed by atoms with Crippen molar-refractivity contribution in [2.24, 2.45) is 0 Å². The van der Waals surface area contributed by atoms with Gasteiger partial charge in [-0.05, 0) is 98.0 Å². The predicted molar refractivity (Wildman–Crippen MR) is 273 cm³/mol. The zero-order chi connectivity index (χ0) is 46.5. The van der Waals surface area contributed by atoms with Crippen molar-refractivity contribution in [1.29, 1.82) is 0 Å². The van der Waals surface area contributed by atoms with Crippen LogP contribution in [0.25, 0.3) is 83.9 Å². The molecule has 4 nitrogen and oxygen atoms in total. The third-order valence-electron chi connectivity index (χ3n) is 12.7. The van der Waals surface area contributed by atoms with Gasteiger partial charge >= 0.3 is 0 Å². The Labute approximate surface area is 407 Å². The van der Waals surface area contributed by atoms with Gasteiger partial charge in [-0.3, -0.25) is 9.55 Å². The van der Waals surface area contributed by atoms with Gasteiger partial charge < -0.3 is 5.11 Å². The molecular formula is C61H58N3OPt-. The molecule has 0 aliphatic heterocycles. The Balaban J connectivity index is 0.00000608. The molecule has 334 valence electrons. The first kappa shape index (κ1) is 44.8. The average Bonchev–Trinajstić information content (AvgIpc) is 3.70. The smallest absolute Gasteiger partial charge is 0.148 e. The van der Waals surface area contributed by atoms with Crippen molar-refractivity contribution < 1.29 is 27.5 Å². The topological polar surface area (TPSA) is 50.9 Å². The van der Waals surface area contributed by atoms with E-state index in [1.165, 1.54) is 5.56 Å². The predicted octanol–water partition coefficient (Wildman–Crippen LogP) is 16.6. The first-order valence-electron chi connectivity index (χ1n) is 23.3. The maximum absolute atomic E-state index is 12.4. The summed E-state index contributed by atoms with van der Waals surface area (Å²) in [5, 5.41) is 12.4. The Morgan fingerprint density at radius 2 is 1.23 bits per heavy atom. The summed E-state index contributed by atoms with van der Waals surface area (Å²) in [6, 6.07) is 59.0. The molecule has 2 heterocycles. The molecule has 0 aliphatic rings. The zero-order valence-corrected chi connectivity index (χ0v) is 41.6. The van der Waals surface area contributed by atoms with Crippen molar-refractivity contribution >= 4 is 11.0 Å². The molecule has 0 bridgehead atoms. The number of phenols is 1. The molecule has 0 saturated heterocycles. The molecule has 9 aromatic rings. The molecule has 66 heavy (non-hydrogen) atoms. The molecule has 5 heteroatoms. The second kappa shape index (κ2) is 18.9. The van der Waals surface area contributed by atoms with E-state index in [0.717, 1.165) is 89.2 Å². The summed E-state index contributed by atoms with van der Waals surface area (Å²) in [5.74, 6) is 0.329. The van der Waals surface area contributed by atoms with Gasteiger partial charge in [0.1, 0.15) is 11.6 Å². The Morgan fingerprint density at radius 3 is 1.86 bits per heavy atom. The third kappa shape index (κ3) is 9.09. The van der Waals surface area contributed by atoms with Crippen molar-refractivity contribution in [3.05, 3.63) is 192 Å². The number of nitrogens with zero attached hydrogens (tertiary/aromatic N) is 3. The Kier molecular flexibility index (Phi) is 12.8. The molecule has 0 saturated carbocycles. The first-order valence-corrected chi connectivity index (χ1v) is 22.8. The van der Waals surface area contributed by atoms with E-state index in [0.29, 0.717) is 11.4 Å². The van der Waals surface area contributed by atoms with Gasteiger partial charge in [-0.25, -0.2) is 4.98 Å². The minimum absolute atomic E-state index is 0. The molecule has 0 fully saturated rings. The van der Waals surface area contributed by atoms with Crippen LogP contribution in [-0.4, -0.2) is 19.6 Å². The number of imidazole rings is 1. The Morgan fingerprint density at radius 1 is 0.576 bits per heavy atom. The van der Waals surface area contributed by atoms with Crippen LogP contribution in [0.4, 0.5) is 0 Å². The number of aromatic hydroxyl groups is 1. The van der Waals surface area contributed by atoms with Gasteiger partial charge in [-0.15, -0.1) is 23.8 Å². The van der Waals surface area contributed by atoms with E-state index in [-0.39, 0.29) is 44.1 Å². The van der Waals surface area contributed by atoms with Crippen LogP contribution < -0.4 is 0 Å². The summed E-state index contributed by atoms with van der Waals surface area (Å²) >= 11 is 0. The summed E-state index contributed by atoms with van der Waals surface area (Å²) in [4.78, 5) is 10.5. The summed E-state index contributed by atoms with van der Waals surface area (Å²) in [6.45, 7) is 19.2. The molecule has 0 amide bonds. The average molecular weight is 1050 g/mol. The number of fused-ring (bicyclic) bond motifs is 1. The van der Waals surface area contributed by atoms with Crippen LogP contribution in [0.5, 0.6) is 5.75 Å². The number of hydrogen-bond donors (Lipinski definition) is 1. The molecule has 0 radical (unpaired) electrons. The van der Waals surface area contributed by atoms with Crippen molar-refractivity contribution in [2.45, 2.75) is 85.5 Å². The zero-order valence-electron chi connectivity index (χ0n) is 40.3. The van der Waals surface area contributed by atoms with Gasteiger partial charge in [-0.2, -0.15) is 0 Å². The van der Waals surface area contributed by atoms with Gasteiger partial charge in [0.05, 0.1) is 22.3 Å². The maximum atomic E-state index is 12.4. The van der Waals surface area contributed by atoms with Gasteiger partial charge in [-0.1, -0.05) is 194 Å². The summed E-state index contributed by atoms with van der Waals surface area (Å²) in [5.41, 5.74) is 17.3. The molecule has 9 rings (SSSR count). The van der Waals surface area contributed by atoms with Crippen LogP contribution >= 0.6 is 0 Å². The van der Waals surface area contributed by atoms with Gasteiger partial charge in [0.15, 0.2) is 0 Å². The maximum Gasteiger partial charge on any atom is 0.148 e. The quantitative estimate of drug-likeness (QED) is 0.139. The summed E-state index contributed by atoms with van der Waals surface area (Å²) < 4.78 is 11.4. The molecule has 2 aromatic heterocycles. The minimum Gasteiger partial charge on any atom is -0.507 e. The van der Waals surface area contributed by atoms with Crippen molar-refractivity contribution in [1.82, 2.24) is 14.5 Å². The molecule has 0 atom stereocenters. The monoisotopic (exact) mass is 1040 g/mol. The molecule has 7 aromatic carbocycles. The van der Waals surface area contributed by atoms with Crippen LogP contribution in [-0.2, 0) is 26.5 Å². The fourth-order valence-corrected chi connectivity index (χ4v) is 8.83. The number of aromatic nitrogens is 3. The van der Waals surface area contributed by atoms with Crippen molar-refractivity contribution in [3.63, 3.8) is 0 Å². The summed E-state index contributed by atoms with van der Waals surface area (Å²) in [6.07, 6.45) is 1.87. The van der Waals surface area contributed by atoms with Crippen LogP contribution in [0, 0.1) is 6.07 Å². The second-order valence-corrected chi connectivity index (χ2v) is 19.2. The van der Waals surface area contributed by atoms with Crippen LogP contribution in [0.3, 0.4) is 0 Å². The number of phenolic OH excluding ortho intramolecular Hbond substituents is 1. The van der Waals surface area contributed by atoms with Gasteiger partial charge in [0.2, 0.25) is 0 Å². The Bertz CT molecular complexity index is 3210. The molecular weight excluding hydrogens is 986 g/mol. The fourth-order valence-electron chi connectivity index (χ4n) is 8.83. The first-order chi connectivity index (χ1) is 31.5. The SMILES string of the molecule is [2H]C(C)(C)c1ccc(-n2c(-c3cc(C(C)C)cc(C(C)C)c3O)nc3c(-c4[c-]c(-c5cc(-c6ccccc6)ccn5)cc(-c5ccccc5)c4)cccc32)c(-c2ccc(C(C)(C)C)cc2)c1.[Pt]. The number of rotatable bonds is 10. The number of pyridine rings is 1. The molecule has 0 unspecified atom stereocenters. The van der Waals surface area contributed by atoms with E-state index in [1.807, 2.05) is 32.2 Å². The van der Waals surface area contributed by atoms with Crippen molar-refractivity contribution in [3.8, 4) is 78.6 Å². The number of benzene rings is 7. The van der Waals surface area contributed by atoms with E-state index in [1.54, 1.807) is 0 Å².